The predicted octanol–water partition coefficient (Wildman–Crippen LogP) is 6.64. The second-order valence-electron chi connectivity index (χ2n) is 12.5. The van der Waals surface area contributed by atoms with Crippen LogP contribution in [-0.2, 0) is 14.3 Å². The molecule has 2 fully saturated rings. The summed E-state index contributed by atoms with van der Waals surface area (Å²) in [4.78, 5) is 26.6. The monoisotopic (exact) mass is 587 g/mol. The predicted molar refractivity (Wildman–Crippen MR) is 153 cm³/mol. The third-order valence-corrected chi connectivity index (χ3v) is 11.9. The molecule has 0 radical (unpaired) electrons. The van der Waals surface area contributed by atoms with E-state index in [0.29, 0.717) is 28.6 Å². The topological polar surface area (TPSA) is 90.5 Å². The molecule has 0 spiro atoms. The number of halogens is 2. The smallest absolute Gasteiger partial charge is 0.309 e. The van der Waals surface area contributed by atoms with Gasteiger partial charge in [0.1, 0.15) is 16.2 Å². The number of ketones is 1. The molecule has 1 aliphatic carbocycles. The lowest BCUT2D eigenvalue weighted by Gasteiger charge is -2.35. The van der Waals surface area contributed by atoms with Gasteiger partial charge in [-0.1, -0.05) is 65.7 Å². The van der Waals surface area contributed by atoms with Crippen LogP contribution >= 0.6 is 34.5 Å². The Morgan fingerprint density at radius 3 is 2.45 bits per heavy atom. The van der Waals surface area contributed by atoms with Gasteiger partial charge in [-0.05, 0) is 37.2 Å². The number of Topliss-reactive ketones (excluding diaryl/α,β-unsaturated/α-hetero) is 1. The van der Waals surface area contributed by atoms with E-state index in [-0.39, 0.29) is 35.4 Å². The molecule has 38 heavy (non-hydrogen) atoms. The molecule has 1 N–H and O–H groups in total. The first-order chi connectivity index (χ1) is 17.4. The number of cyclic esters (lactones) is 1. The summed E-state index contributed by atoms with van der Waals surface area (Å²) in [6.45, 7) is 15.2. The van der Waals surface area contributed by atoms with Gasteiger partial charge in [0.15, 0.2) is 0 Å². The molecule has 0 amide bonds. The van der Waals surface area contributed by atoms with Crippen LogP contribution in [0.15, 0.2) is 11.0 Å². The van der Waals surface area contributed by atoms with E-state index in [1.165, 1.54) is 11.3 Å². The Balaban J connectivity index is 1.95. The van der Waals surface area contributed by atoms with E-state index in [2.05, 4.69) is 20.8 Å². The number of carbonyl (C=O) groups is 2. The minimum Gasteiger partial charge on any atom is -0.617 e. The average Bonchev–Trinajstić information content (AvgIpc) is 3.05. The lowest BCUT2D eigenvalue weighted by Crippen LogP contribution is -2.44. The first-order valence-corrected chi connectivity index (χ1v) is 15.2. The van der Waals surface area contributed by atoms with Gasteiger partial charge in [0.05, 0.1) is 23.3 Å². The number of alkyl halides is 2. The van der Waals surface area contributed by atoms with Gasteiger partial charge in [-0.15, -0.1) is 23.2 Å². The van der Waals surface area contributed by atoms with Crippen molar-refractivity contribution >= 4 is 52.4 Å². The molecular formula is C29H43Cl2NO5S. The van der Waals surface area contributed by atoms with Crippen molar-refractivity contribution in [2.45, 2.75) is 104 Å². The average molecular weight is 589 g/mol. The highest BCUT2D eigenvalue weighted by Crippen LogP contribution is 2.73. The van der Waals surface area contributed by atoms with E-state index in [1.807, 2.05) is 13.8 Å². The Hall–Kier alpha value is -1.15. The number of nitrogens with zero attached hydrogens (tertiary/aromatic N) is 1. The molecule has 9 heteroatoms. The number of fused-ring (bicyclic) bond motifs is 1. The van der Waals surface area contributed by atoms with Crippen LogP contribution in [0, 0.1) is 46.6 Å². The van der Waals surface area contributed by atoms with Crippen molar-refractivity contribution in [2.75, 3.05) is 0 Å². The third-order valence-electron chi connectivity index (χ3n) is 9.65. The normalized spacial score (nSPS) is 36.9. The third kappa shape index (κ3) is 5.96. The molecule has 0 bridgehead atoms. The fourth-order valence-corrected chi connectivity index (χ4v) is 7.62. The number of aliphatic hydroxyl groups is 1. The van der Waals surface area contributed by atoms with Gasteiger partial charge in [-0.2, -0.15) is 4.73 Å². The van der Waals surface area contributed by atoms with E-state index in [0.717, 1.165) is 24.0 Å². The standard InChI is InChI=1S/C29H43Cl2NO5S/c1-16-10-9-11-28(8)23(29(28,30)31)13-22(17(2)12-21-15-38-20(5)32(21)36)37-25(34)14-24(33)27(6,7)26(35)19(4)18(16)3/h12,15-16,18-19,22-24,33H,9-11,13-14H2,1-8H3/b17-12+/t16-,18-,19+,22-,23-,24-,28+/m0/s1. The number of hydrogen-bond donors (Lipinski definition) is 1. The SMILES string of the molecule is C/C(=C\c1csc(C)[n+]1[O-])[C@@H]1C[C@@H]2C(Cl)(Cl)[C@]2(C)CCC[C@H](C)[C@H](C)[C@@H](C)C(=O)C(C)(C)[C@@H](O)CC(=O)O1. The number of aliphatic hydroxyl groups excluding tert-OH is 1. The van der Waals surface area contributed by atoms with E-state index in [4.69, 9.17) is 27.9 Å². The van der Waals surface area contributed by atoms with Gasteiger partial charge in [-0.25, -0.2) is 0 Å². The fourth-order valence-electron chi connectivity index (χ4n) is 5.96. The van der Waals surface area contributed by atoms with Crippen molar-refractivity contribution in [2.24, 2.45) is 34.5 Å². The maximum absolute atomic E-state index is 13.5. The number of rotatable bonds is 2. The van der Waals surface area contributed by atoms with Crippen molar-refractivity contribution < 1.29 is 24.2 Å². The zero-order valence-electron chi connectivity index (χ0n) is 23.8. The van der Waals surface area contributed by atoms with Gasteiger partial charge in [0.2, 0.25) is 10.7 Å². The van der Waals surface area contributed by atoms with Crippen LogP contribution < -0.4 is 4.73 Å². The van der Waals surface area contributed by atoms with Crippen LogP contribution in [0.4, 0.5) is 0 Å². The van der Waals surface area contributed by atoms with E-state index in [9.17, 15) is 19.9 Å². The number of esters is 1. The Morgan fingerprint density at radius 1 is 1.24 bits per heavy atom. The molecule has 7 atom stereocenters. The van der Waals surface area contributed by atoms with Crippen molar-refractivity contribution in [3.63, 3.8) is 0 Å². The molecular weight excluding hydrogens is 545 g/mol. The minimum absolute atomic E-state index is 0.0561. The molecule has 1 saturated carbocycles. The molecule has 3 rings (SSSR count). The molecule has 0 unspecified atom stereocenters. The maximum Gasteiger partial charge on any atom is 0.309 e. The van der Waals surface area contributed by atoms with Crippen molar-refractivity contribution in [3.8, 4) is 0 Å². The molecule has 2 heterocycles. The molecule has 0 aromatic carbocycles. The zero-order valence-corrected chi connectivity index (χ0v) is 26.2. The van der Waals surface area contributed by atoms with Gasteiger partial charge < -0.3 is 15.1 Å². The number of aryl methyl sites for hydroxylation is 1. The summed E-state index contributed by atoms with van der Waals surface area (Å²) in [5.41, 5.74) is -0.288. The highest BCUT2D eigenvalue weighted by atomic mass is 35.5. The highest BCUT2D eigenvalue weighted by molar-refractivity contribution is 7.09. The quantitative estimate of drug-likeness (QED) is 0.181. The summed E-state index contributed by atoms with van der Waals surface area (Å²) in [6.07, 6.45) is 2.62. The van der Waals surface area contributed by atoms with Gasteiger partial charge in [-0.3, -0.25) is 9.59 Å². The van der Waals surface area contributed by atoms with E-state index in [1.54, 1.807) is 32.2 Å². The van der Waals surface area contributed by atoms with Gasteiger partial charge in [0, 0.05) is 30.3 Å². The van der Waals surface area contributed by atoms with Crippen LogP contribution in [0.1, 0.15) is 91.3 Å². The molecule has 214 valence electrons. The Kier molecular flexibility index (Phi) is 9.40. The summed E-state index contributed by atoms with van der Waals surface area (Å²) in [5, 5.41) is 25.8. The second kappa shape index (κ2) is 11.4. The number of aromatic nitrogens is 1. The molecule has 1 saturated heterocycles. The molecule has 1 aliphatic heterocycles. The first-order valence-electron chi connectivity index (χ1n) is 13.6. The lowest BCUT2D eigenvalue weighted by molar-refractivity contribution is -0.608. The molecule has 1 aromatic heterocycles. The fraction of sp³-hybridized carbons (Fsp3) is 0.759. The minimum atomic E-state index is -1.19. The van der Waals surface area contributed by atoms with Gasteiger partial charge >= 0.3 is 5.97 Å². The van der Waals surface area contributed by atoms with Crippen LogP contribution in [0.25, 0.3) is 6.08 Å². The number of hydrogen-bond acceptors (Lipinski definition) is 6. The molecule has 2 aliphatic rings. The zero-order chi connectivity index (χ0) is 28.8. The first kappa shape index (κ1) is 31.4. The maximum atomic E-state index is 13.5. The highest BCUT2D eigenvalue weighted by Gasteiger charge is 2.72. The lowest BCUT2D eigenvalue weighted by atomic mass is 9.70. The second-order valence-corrected chi connectivity index (χ2v) is 14.9. The van der Waals surface area contributed by atoms with Crippen molar-refractivity contribution in [3.05, 3.63) is 26.9 Å². The Bertz CT molecular complexity index is 1080. The largest absolute Gasteiger partial charge is 0.617 e. The van der Waals surface area contributed by atoms with Crippen LogP contribution in [0.3, 0.4) is 0 Å². The van der Waals surface area contributed by atoms with Gasteiger partial charge in [0.25, 0.3) is 0 Å². The number of carbonyl (C=O) groups excluding carboxylic acids is 2. The summed E-state index contributed by atoms with van der Waals surface area (Å²) in [6, 6.07) is 0. The Labute approximate surface area is 241 Å². The summed E-state index contributed by atoms with van der Waals surface area (Å²) < 4.78 is 5.82. The summed E-state index contributed by atoms with van der Waals surface area (Å²) in [7, 11) is 0. The summed E-state index contributed by atoms with van der Waals surface area (Å²) >= 11 is 15.0. The molecule has 6 nitrogen and oxygen atoms in total. The molecule has 1 aromatic rings. The van der Waals surface area contributed by atoms with Crippen molar-refractivity contribution in [1.29, 1.82) is 0 Å². The number of ether oxygens (including phenoxy) is 1. The van der Waals surface area contributed by atoms with E-state index >= 15 is 0 Å². The van der Waals surface area contributed by atoms with Crippen LogP contribution in [0.5, 0.6) is 0 Å². The number of thiazole rings is 1. The van der Waals surface area contributed by atoms with E-state index < -0.39 is 27.9 Å². The van der Waals surface area contributed by atoms with Crippen molar-refractivity contribution in [1.82, 2.24) is 0 Å². The summed E-state index contributed by atoms with van der Waals surface area (Å²) in [5.74, 6) is -0.619. The Morgan fingerprint density at radius 2 is 1.87 bits per heavy atom. The van der Waals surface area contributed by atoms with Crippen LogP contribution in [0.2, 0.25) is 0 Å². The van der Waals surface area contributed by atoms with Crippen LogP contribution in [-0.4, -0.2) is 33.4 Å².